The van der Waals surface area contributed by atoms with Crippen molar-refractivity contribution in [2.24, 2.45) is 0 Å². The van der Waals surface area contributed by atoms with E-state index in [1.54, 1.807) is 6.26 Å². The molecular formula is C17H21NO2. The third-order valence-corrected chi connectivity index (χ3v) is 3.22. The van der Waals surface area contributed by atoms with E-state index in [4.69, 9.17) is 4.42 Å². The van der Waals surface area contributed by atoms with E-state index < -0.39 is 0 Å². The van der Waals surface area contributed by atoms with Crippen LogP contribution in [0.15, 0.2) is 47.1 Å². The van der Waals surface area contributed by atoms with Gasteiger partial charge >= 0.3 is 0 Å². The monoisotopic (exact) mass is 271 g/mol. The Bertz CT molecular complexity index is 529. The summed E-state index contributed by atoms with van der Waals surface area (Å²) in [4.78, 5) is 12.1. The lowest BCUT2D eigenvalue weighted by molar-refractivity contribution is 0.0939. The number of hydrogen-bond acceptors (Lipinski definition) is 2. The Morgan fingerprint density at radius 3 is 2.60 bits per heavy atom. The van der Waals surface area contributed by atoms with Gasteiger partial charge < -0.3 is 9.73 Å². The summed E-state index contributed by atoms with van der Waals surface area (Å²) < 4.78 is 5.28. The Morgan fingerprint density at radius 2 is 2.00 bits per heavy atom. The largest absolute Gasteiger partial charge is 0.469 e. The average Bonchev–Trinajstić information content (AvgIpc) is 2.92. The Morgan fingerprint density at radius 1 is 1.25 bits per heavy atom. The molecule has 0 spiro atoms. The zero-order valence-electron chi connectivity index (χ0n) is 12.1. The highest BCUT2D eigenvalue weighted by atomic mass is 16.3. The fourth-order valence-corrected chi connectivity index (χ4v) is 2.20. The molecule has 1 amide bonds. The maximum atomic E-state index is 12.1. The number of carbonyl (C=O) groups is 1. The second kappa shape index (κ2) is 6.94. The zero-order chi connectivity index (χ0) is 14.4. The van der Waals surface area contributed by atoms with Crippen molar-refractivity contribution in [3.63, 3.8) is 0 Å². The topological polar surface area (TPSA) is 42.2 Å². The van der Waals surface area contributed by atoms with Gasteiger partial charge in [-0.2, -0.15) is 0 Å². The minimum absolute atomic E-state index is 0.0351. The summed E-state index contributed by atoms with van der Waals surface area (Å²) in [7, 11) is 0. The zero-order valence-corrected chi connectivity index (χ0v) is 12.1. The van der Waals surface area contributed by atoms with Crippen LogP contribution in [0.3, 0.4) is 0 Å². The van der Waals surface area contributed by atoms with E-state index in [0.29, 0.717) is 12.0 Å². The molecular weight excluding hydrogens is 250 g/mol. The Balaban J connectivity index is 1.90. The van der Waals surface area contributed by atoms with E-state index in [-0.39, 0.29) is 11.9 Å². The fourth-order valence-electron chi connectivity index (χ4n) is 2.20. The van der Waals surface area contributed by atoms with Crippen LogP contribution in [-0.2, 0) is 12.8 Å². The summed E-state index contributed by atoms with van der Waals surface area (Å²) in [5.74, 6) is 0.850. The van der Waals surface area contributed by atoms with Crippen molar-refractivity contribution in [1.82, 2.24) is 5.32 Å². The molecule has 0 saturated heterocycles. The van der Waals surface area contributed by atoms with Crippen LogP contribution in [0.4, 0.5) is 0 Å². The first-order valence-corrected chi connectivity index (χ1v) is 7.11. The molecule has 106 valence electrons. The molecule has 20 heavy (non-hydrogen) atoms. The van der Waals surface area contributed by atoms with Gasteiger partial charge in [0, 0.05) is 18.0 Å². The number of amides is 1. The maximum Gasteiger partial charge on any atom is 0.251 e. The molecule has 1 aromatic heterocycles. The highest BCUT2D eigenvalue weighted by molar-refractivity contribution is 5.94. The second-order valence-corrected chi connectivity index (χ2v) is 5.10. The van der Waals surface area contributed by atoms with Crippen LogP contribution < -0.4 is 5.32 Å². The maximum absolute atomic E-state index is 12.1. The molecule has 0 saturated carbocycles. The first-order valence-electron chi connectivity index (χ1n) is 7.11. The van der Waals surface area contributed by atoms with Crippen LogP contribution in [0.2, 0.25) is 0 Å². The van der Waals surface area contributed by atoms with Gasteiger partial charge in [0.1, 0.15) is 5.76 Å². The molecule has 0 aliphatic rings. The van der Waals surface area contributed by atoms with Crippen molar-refractivity contribution in [2.45, 2.75) is 39.2 Å². The van der Waals surface area contributed by atoms with Crippen molar-refractivity contribution in [1.29, 1.82) is 0 Å². The van der Waals surface area contributed by atoms with Crippen LogP contribution in [0.25, 0.3) is 0 Å². The van der Waals surface area contributed by atoms with Gasteiger partial charge in [0.05, 0.1) is 6.26 Å². The fraction of sp³-hybridized carbons (Fsp3) is 0.353. The summed E-state index contributed by atoms with van der Waals surface area (Å²) in [5.41, 5.74) is 1.98. The Hall–Kier alpha value is -2.03. The number of furan rings is 1. The number of aryl methyl sites for hydroxylation is 1. The van der Waals surface area contributed by atoms with Gasteiger partial charge in [0.25, 0.3) is 5.91 Å². The van der Waals surface area contributed by atoms with Crippen molar-refractivity contribution in [2.75, 3.05) is 0 Å². The summed E-state index contributed by atoms with van der Waals surface area (Å²) in [6.45, 7) is 4.13. The first kappa shape index (κ1) is 14.4. The lowest BCUT2D eigenvalue weighted by atomic mass is 10.1. The van der Waals surface area contributed by atoms with Gasteiger partial charge in [0.15, 0.2) is 0 Å². The van der Waals surface area contributed by atoms with E-state index in [9.17, 15) is 4.79 Å². The number of benzene rings is 1. The highest BCUT2D eigenvalue weighted by Crippen LogP contribution is 2.08. The second-order valence-electron chi connectivity index (χ2n) is 5.10. The van der Waals surface area contributed by atoms with Gasteiger partial charge in [-0.05, 0) is 43.2 Å². The van der Waals surface area contributed by atoms with Gasteiger partial charge in [-0.25, -0.2) is 0 Å². The third kappa shape index (κ3) is 3.98. The van der Waals surface area contributed by atoms with E-state index in [1.807, 2.05) is 43.3 Å². The lowest BCUT2D eigenvalue weighted by Gasteiger charge is -2.12. The van der Waals surface area contributed by atoms with E-state index in [2.05, 4.69) is 12.2 Å². The standard InChI is InChI=1S/C17H21NO2/c1-3-5-14-7-9-15(10-8-14)17(19)18-13(2)12-16-6-4-11-20-16/h4,6-11,13H,3,5,12H2,1-2H3,(H,18,19). The van der Waals surface area contributed by atoms with E-state index in [0.717, 1.165) is 18.6 Å². The highest BCUT2D eigenvalue weighted by Gasteiger charge is 2.11. The predicted molar refractivity (Wildman–Crippen MR) is 79.8 cm³/mol. The molecule has 0 radical (unpaired) electrons. The van der Waals surface area contributed by atoms with Crippen molar-refractivity contribution >= 4 is 5.91 Å². The van der Waals surface area contributed by atoms with Crippen LogP contribution in [0.5, 0.6) is 0 Å². The summed E-state index contributed by atoms with van der Waals surface area (Å²) >= 11 is 0. The van der Waals surface area contributed by atoms with Gasteiger partial charge in [0.2, 0.25) is 0 Å². The van der Waals surface area contributed by atoms with Crippen LogP contribution in [0.1, 0.15) is 41.9 Å². The number of rotatable bonds is 6. The normalized spacial score (nSPS) is 12.1. The summed E-state index contributed by atoms with van der Waals surface area (Å²) in [5, 5.41) is 2.99. The molecule has 1 heterocycles. The molecule has 1 unspecified atom stereocenters. The van der Waals surface area contributed by atoms with Crippen molar-refractivity contribution < 1.29 is 9.21 Å². The van der Waals surface area contributed by atoms with Gasteiger partial charge in [-0.15, -0.1) is 0 Å². The molecule has 0 aliphatic heterocycles. The van der Waals surface area contributed by atoms with Crippen LogP contribution in [0, 0.1) is 0 Å². The SMILES string of the molecule is CCCc1ccc(C(=O)NC(C)Cc2ccco2)cc1. The van der Waals surface area contributed by atoms with Crippen molar-refractivity contribution in [3.8, 4) is 0 Å². The van der Waals surface area contributed by atoms with Crippen LogP contribution >= 0.6 is 0 Å². The quantitative estimate of drug-likeness (QED) is 0.872. The Kier molecular flexibility index (Phi) is 4.99. The Labute approximate surface area is 120 Å². The average molecular weight is 271 g/mol. The minimum Gasteiger partial charge on any atom is -0.469 e. The molecule has 3 nitrogen and oxygen atoms in total. The van der Waals surface area contributed by atoms with Gasteiger partial charge in [-0.3, -0.25) is 4.79 Å². The molecule has 0 aliphatic carbocycles. The molecule has 3 heteroatoms. The third-order valence-electron chi connectivity index (χ3n) is 3.22. The van der Waals surface area contributed by atoms with E-state index >= 15 is 0 Å². The van der Waals surface area contributed by atoms with Gasteiger partial charge in [-0.1, -0.05) is 25.5 Å². The summed E-state index contributed by atoms with van der Waals surface area (Å²) in [6, 6.07) is 11.6. The molecule has 2 aromatic rings. The predicted octanol–water partition coefficient (Wildman–Crippen LogP) is 3.59. The minimum atomic E-state index is -0.0351. The lowest BCUT2D eigenvalue weighted by Crippen LogP contribution is -2.33. The summed E-state index contributed by atoms with van der Waals surface area (Å²) in [6.07, 6.45) is 4.52. The molecule has 0 fully saturated rings. The van der Waals surface area contributed by atoms with E-state index in [1.165, 1.54) is 5.56 Å². The number of carbonyl (C=O) groups excluding carboxylic acids is 1. The molecule has 0 bridgehead atoms. The van der Waals surface area contributed by atoms with Crippen LogP contribution in [-0.4, -0.2) is 11.9 Å². The molecule has 1 atom stereocenters. The molecule has 1 aromatic carbocycles. The van der Waals surface area contributed by atoms with Crippen molar-refractivity contribution in [3.05, 3.63) is 59.5 Å². The molecule has 1 N–H and O–H groups in total. The smallest absolute Gasteiger partial charge is 0.251 e. The number of hydrogen-bond donors (Lipinski definition) is 1. The first-order chi connectivity index (χ1) is 9.69. The molecule has 2 rings (SSSR count). The number of nitrogens with one attached hydrogen (secondary N) is 1.